The molecular weight excluding hydrogens is 408 g/mol. The number of hydrogen-bond donors (Lipinski definition) is 2. The van der Waals surface area contributed by atoms with Crippen LogP contribution in [0, 0.1) is 39.5 Å². The average Bonchev–Trinajstić information content (AvgIpc) is 3.11. The minimum absolute atomic E-state index is 0.164. The van der Waals surface area contributed by atoms with E-state index in [-0.39, 0.29) is 23.3 Å². The third-order valence-electron chi connectivity index (χ3n) is 6.45. The van der Waals surface area contributed by atoms with Crippen molar-refractivity contribution in [1.82, 2.24) is 0 Å². The van der Waals surface area contributed by atoms with Crippen LogP contribution >= 0.6 is 0 Å². The zero-order valence-corrected chi connectivity index (χ0v) is 19.6. The number of phenols is 2. The predicted octanol–water partition coefficient (Wildman–Crippen LogP) is 4.59. The molecule has 0 saturated heterocycles. The van der Waals surface area contributed by atoms with Gasteiger partial charge in [0.1, 0.15) is 17.6 Å². The second kappa shape index (κ2) is 9.23. The highest BCUT2D eigenvalue weighted by atomic mass is 16.6. The summed E-state index contributed by atoms with van der Waals surface area (Å²) in [5, 5.41) is 22.0. The van der Waals surface area contributed by atoms with Crippen LogP contribution < -0.4 is 0 Å². The number of carbonyl (C=O) groups is 2. The first-order chi connectivity index (χ1) is 15.0. The van der Waals surface area contributed by atoms with Crippen LogP contribution in [0.15, 0.2) is 24.3 Å². The molecule has 2 aromatic carbocycles. The second-order valence-electron chi connectivity index (χ2n) is 9.03. The molecule has 3 unspecified atom stereocenters. The third-order valence-corrected chi connectivity index (χ3v) is 6.45. The molecule has 6 heteroatoms. The van der Waals surface area contributed by atoms with Crippen LogP contribution in [-0.4, -0.2) is 35.4 Å². The summed E-state index contributed by atoms with van der Waals surface area (Å²) in [5.74, 6) is -1.69. The highest BCUT2D eigenvalue weighted by molar-refractivity contribution is 5.74. The van der Waals surface area contributed by atoms with Crippen molar-refractivity contribution in [3.8, 4) is 11.5 Å². The van der Waals surface area contributed by atoms with Crippen molar-refractivity contribution in [3.63, 3.8) is 0 Å². The van der Waals surface area contributed by atoms with E-state index in [1.54, 1.807) is 0 Å². The first-order valence-electron chi connectivity index (χ1n) is 10.9. The van der Waals surface area contributed by atoms with E-state index in [1.807, 2.05) is 52.0 Å². The SMILES string of the molecule is COC(=O)C1CC(C(c2cc(C)cc(C)c2O)c2cc(C)cc(C)c2O)CC1OC(C)=O. The zero-order chi connectivity index (χ0) is 23.7. The number of hydrogen-bond acceptors (Lipinski definition) is 6. The Hall–Kier alpha value is -3.02. The van der Waals surface area contributed by atoms with Crippen molar-refractivity contribution < 1.29 is 29.3 Å². The Balaban J connectivity index is 2.18. The van der Waals surface area contributed by atoms with Gasteiger partial charge in [-0.05, 0) is 57.6 Å². The zero-order valence-electron chi connectivity index (χ0n) is 19.6. The lowest BCUT2D eigenvalue weighted by Gasteiger charge is -2.28. The number of carbonyl (C=O) groups excluding carboxylic acids is 2. The van der Waals surface area contributed by atoms with Crippen molar-refractivity contribution in [2.75, 3.05) is 7.11 Å². The Morgan fingerprint density at radius 3 is 1.84 bits per heavy atom. The Labute approximate surface area is 189 Å². The molecule has 172 valence electrons. The molecule has 32 heavy (non-hydrogen) atoms. The predicted molar refractivity (Wildman–Crippen MR) is 121 cm³/mol. The van der Waals surface area contributed by atoms with Crippen molar-refractivity contribution in [2.45, 2.75) is 59.5 Å². The van der Waals surface area contributed by atoms with Gasteiger partial charge in [0, 0.05) is 24.0 Å². The van der Waals surface area contributed by atoms with Gasteiger partial charge < -0.3 is 19.7 Å². The molecule has 1 fully saturated rings. The van der Waals surface area contributed by atoms with Crippen LogP contribution in [0.1, 0.15) is 59.1 Å². The minimum atomic E-state index is -0.617. The van der Waals surface area contributed by atoms with E-state index < -0.39 is 24.0 Å². The van der Waals surface area contributed by atoms with Gasteiger partial charge in [-0.15, -0.1) is 0 Å². The van der Waals surface area contributed by atoms with E-state index in [4.69, 9.17) is 9.47 Å². The summed E-state index contributed by atoms with van der Waals surface area (Å²) in [7, 11) is 1.32. The van der Waals surface area contributed by atoms with E-state index in [0.29, 0.717) is 24.0 Å². The van der Waals surface area contributed by atoms with E-state index in [9.17, 15) is 19.8 Å². The van der Waals surface area contributed by atoms with Crippen molar-refractivity contribution in [1.29, 1.82) is 0 Å². The number of ether oxygens (including phenoxy) is 2. The van der Waals surface area contributed by atoms with Crippen LogP contribution in [0.25, 0.3) is 0 Å². The third kappa shape index (κ3) is 4.59. The summed E-state index contributed by atoms with van der Waals surface area (Å²) < 4.78 is 10.5. The van der Waals surface area contributed by atoms with Gasteiger partial charge in [0.05, 0.1) is 13.0 Å². The molecule has 0 amide bonds. The van der Waals surface area contributed by atoms with Gasteiger partial charge >= 0.3 is 11.9 Å². The van der Waals surface area contributed by atoms with Crippen molar-refractivity contribution >= 4 is 11.9 Å². The highest BCUT2D eigenvalue weighted by Gasteiger charge is 2.46. The number of methoxy groups -OCH3 is 1. The first kappa shape index (κ1) is 23.6. The molecule has 6 nitrogen and oxygen atoms in total. The molecule has 1 aliphatic rings. The quantitative estimate of drug-likeness (QED) is 0.661. The summed E-state index contributed by atoms with van der Waals surface area (Å²) in [4.78, 5) is 24.2. The van der Waals surface area contributed by atoms with Crippen LogP contribution in [0.5, 0.6) is 11.5 Å². The van der Waals surface area contributed by atoms with E-state index in [2.05, 4.69) is 0 Å². The second-order valence-corrected chi connectivity index (χ2v) is 9.03. The van der Waals surface area contributed by atoms with Crippen molar-refractivity contribution in [2.24, 2.45) is 11.8 Å². The highest BCUT2D eigenvalue weighted by Crippen LogP contribution is 2.50. The molecule has 3 rings (SSSR count). The molecule has 2 N–H and O–H groups in total. The molecule has 1 aliphatic carbocycles. The molecule has 0 radical (unpaired) electrons. The Morgan fingerprint density at radius 1 is 0.906 bits per heavy atom. The number of rotatable bonds is 5. The van der Waals surface area contributed by atoms with Crippen molar-refractivity contribution in [3.05, 3.63) is 57.6 Å². The summed E-state index contributed by atoms with van der Waals surface area (Å²) in [6.45, 7) is 8.93. The van der Waals surface area contributed by atoms with E-state index in [1.165, 1.54) is 14.0 Å². The van der Waals surface area contributed by atoms with Gasteiger partial charge in [-0.2, -0.15) is 0 Å². The lowest BCUT2D eigenvalue weighted by molar-refractivity contribution is -0.156. The number of esters is 2. The Morgan fingerprint density at radius 2 is 1.41 bits per heavy atom. The average molecular weight is 441 g/mol. The fourth-order valence-electron chi connectivity index (χ4n) is 5.19. The normalized spacial score (nSPS) is 20.4. The minimum Gasteiger partial charge on any atom is -0.507 e. The van der Waals surface area contributed by atoms with E-state index in [0.717, 1.165) is 22.3 Å². The molecule has 3 atom stereocenters. The molecule has 0 heterocycles. The molecule has 0 aliphatic heterocycles. The van der Waals surface area contributed by atoms with E-state index >= 15 is 0 Å². The molecule has 0 bridgehead atoms. The van der Waals surface area contributed by atoms with Gasteiger partial charge in [-0.3, -0.25) is 9.59 Å². The van der Waals surface area contributed by atoms with Gasteiger partial charge in [0.25, 0.3) is 0 Å². The number of phenolic OH excluding ortho intramolecular Hbond substituents is 2. The van der Waals surface area contributed by atoms with Crippen LogP contribution in [0.2, 0.25) is 0 Å². The summed E-state index contributed by atoms with van der Waals surface area (Å²) in [5.41, 5.74) is 4.85. The lowest BCUT2D eigenvalue weighted by atomic mass is 9.77. The number of aromatic hydroxyl groups is 2. The largest absolute Gasteiger partial charge is 0.507 e. The molecule has 1 saturated carbocycles. The Kier molecular flexibility index (Phi) is 6.82. The maximum atomic E-state index is 12.5. The smallest absolute Gasteiger partial charge is 0.312 e. The number of benzene rings is 2. The fourth-order valence-corrected chi connectivity index (χ4v) is 5.19. The topological polar surface area (TPSA) is 93.1 Å². The van der Waals surface area contributed by atoms with Gasteiger partial charge in [-0.25, -0.2) is 0 Å². The molecule has 0 spiro atoms. The standard InChI is InChI=1S/C26H32O6/c1-13-7-15(3)24(28)20(9-13)23(21-10-14(2)8-16(4)25(21)29)18-11-19(26(30)31-6)22(12-18)32-17(5)27/h7-10,18-19,22-23,28-29H,11-12H2,1-6H3. The molecule has 2 aromatic rings. The number of aryl methyl sites for hydroxylation is 4. The first-order valence-corrected chi connectivity index (χ1v) is 10.9. The van der Waals surface area contributed by atoms with Crippen LogP contribution in [-0.2, 0) is 19.1 Å². The monoisotopic (exact) mass is 440 g/mol. The van der Waals surface area contributed by atoms with Gasteiger partial charge in [-0.1, -0.05) is 35.4 Å². The molecular formula is C26H32O6. The fraction of sp³-hybridized carbons (Fsp3) is 0.462. The maximum absolute atomic E-state index is 12.5. The van der Waals surface area contributed by atoms with Gasteiger partial charge in [0.2, 0.25) is 0 Å². The molecule has 0 aromatic heterocycles. The lowest BCUT2D eigenvalue weighted by Crippen LogP contribution is -2.28. The summed E-state index contributed by atoms with van der Waals surface area (Å²) >= 11 is 0. The van der Waals surface area contributed by atoms with Crippen LogP contribution in [0.4, 0.5) is 0 Å². The summed E-state index contributed by atoms with van der Waals surface area (Å²) in [6, 6.07) is 7.67. The van der Waals surface area contributed by atoms with Crippen LogP contribution in [0.3, 0.4) is 0 Å². The summed E-state index contributed by atoms with van der Waals surface area (Å²) in [6.07, 6.45) is 0.213. The maximum Gasteiger partial charge on any atom is 0.312 e. The Bertz CT molecular complexity index is 984. The van der Waals surface area contributed by atoms with Gasteiger partial charge in [0.15, 0.2) is 0 Å².